The van der Waals surface area contributed by atoms with Gasteiger partial charge in [0.1, 0.15) is 5.76 Å². The Morgan fingerprint density at radius 2 is 2.41 bits per heavy atom. The summed E-state index contributed by atoms with van der Waals surface area (Å²) in [7, 11) is 1.27. The van der Waals surface area contributed by atoms with Gasteiger partial charge in [0.05, 0.1) is 18.5 Å². The first-order valence-corrected chi connectivity index (χ1v) is 4.99. The number of halogens is 1. The molecule has 0 heterocycles. The van der Waals surface area contributed by atoms with Crippen LogP contribution in [0.1, 0.15) is 6.42 Å². The maximum Gasteiger partial charge on any atom is 0.354 e. The molecule has 0 saturated carbocycles. The summed E-state index contributed by atoms with van der Waals surface area (Å²) in [5.41, 5.74) is 4.90. The molecule has 0 saturated heterocycles. The first kappa shape index (κ1) is 13.3. The lowest BCUT2D eigenvalue weighted by Gasteiger charge is -2.23. The van der Waals surface area contributed by atoms with Crippen molar-refractivity contribution in [2.24, 2.45) is 5.73 Å². The molecule has 2 N–H and O–H groups in total. The fourth-order valence-electron chi connectivity index (χ4n) is 1.27. The topological polar surface area (TPSA) is 105 Å². The smallest absolute Gasteiger partial charge is 0.354 e. The monoisotopic (exact) mass is 262 g/mol. The summed E-state index contributed by atoms with van der Waals surface area (Å²) in [5, 5.41) is 10.8. The van der Waals surface area contributed by atoms with Gasteiger partial charge < -0.3 is 15.2 Å². The highest BCUT2D eigenvalue weighted by atomic mass is 35.5. The number of allylic oxidation sites excluding steroid dienone is 1. The van der Waals surface area contributed by atoms with Crippen LogP contribution in [0.25, 0.3) is 0 Å². The fraction of sp³-hybridized carbons (Fsp3) is 0.444. The highest BCUT2D eigenvalue weighted by molar-refractivity contribution is 6.24. The molecule has 17 heavy (non-hydrogen) atoms. The molecule has 1 rings (SSSR count). The maximum absolute atomic E-state index is 10.8. The summed E-state index contributed by atoms with van der Waals surface area (Å²) in [6.45, 7) is -0.312. The number of alkyl halides is 1. The molecular formula is C9H11ClN2O5. The number of methoxy groups -OCH3 is 1. The SMILES string of the molecule is COC1=CC(OCC(N)=O)=CCC1(Cl)[N+](=O)[O-]. The van der Waals surface area contributed by atoms with Gasteiger partial charge in [-0.2, -0.15) is 0 Å². The van der Waals surface area contributed by atoms with Crippen LogP contribution < -0.4 is 5.73 Å². The zero-order chi connectivity index (χ0) is 13.1. The number of hydrogen-bond acceptors (Lipinski definition) is 5. The average Bonchev–Trinajstić information content (AvgIpc) is 2.27. The summed E-state index contributed by atoms with van der Waals surface area (Å²) < 4.78 is 9.85. The second-order valence-corrected chi connectivity index (χ2v) is 3.92. The Morgan fingerprint density at radius 3 is 2.88 bits per heavy atom. The van der Waals surface area contributed by atoms with Crippen LogP contribution in [0.15, 0.2) is 23.7 Å². The van der Waals surface area contributed by atoms with Gasteiger partial charge in [-0.1, -0.05) is 0 Å². The average molecular weight is 263 g/mol. The number of carbonyl (C=O) groups is 1. The first-order valence-electron chi connectivity index (χ1n) is 4.61. The molecule has 7 nitrogen and oxygen atoms in total. The lowest BCUT2D eigenvalue weighted by atomic mass is 10.1. The largest absolute Gasteiger partial charge is 0.492 e. The number of amides is 1. The minimum absolute atomic E-state index is 0.0499. The molecule has 1 aliphatic rings. The molecule has 1 unspecified atom stereocenters. The normalized spacial score (nSPS) is 23.4. The first-order chi connectivity index (χ1) is 7.90. The molecule has 0 aromatic rings. The van der Waals surface area contributed by atoms with E-state index < -0.39 is 15.8 Å². The molecule has 0 spiro atoms. The Balaban J connectivity index is 2.84. The number of nitrogens with zero attached hydrogens (tertiary/aromatic N) is 1. The second kappa shape index (κ2) is 5.05. The van der Waals surface area contributed by atoms with Crippen molar-refractivity contribution in [2.75, 3.05) is 13.7 Å². The van der Waals surface area contributed by atoms with E-state index in [4.69, 9.17) is 26.8 Å². The van der Waals surface area contributed by atoms with Gasteiger partial charge in [-0.3, -0.25) is 14.9 Å². The number of ether oxygens (including phenoxy) is 2. The second-order valence-electron chi connectivity index (χ2n) is 3.29. The summed E-state index contributed by atoms with van der Waals surface area (Å²) >= 11 is 5.82. The number of nitro groups is 1. The molecule has 1 atom stereocenters. The standard InChI is InChI=1S/C9H11ClN2O5/c1-16-7-4-6(17-5-8(11)13)2-3-9(7,10)12(14)15/h2,4H,3,5H2,1H3,(H2,11,13). The van der Waals surface area contributed by atoms with Crippen molar-refractivity contribution in [3.63, 3.8) is 0 Å². The third-order valence-electron chi connectivity index (χ3n) is 2.12. The van der Waals surface area contributed by atoms with Crippen LogP contribution in [0.2, 0.25) is 0 Å². The minimum Gasteiger partial charge on any atom is -0.492 e. The Bertz CT molecular complexity index is 406. The Morgan fingerprint density at radius 1 is 1.76 bits per heavy atom. The molecule has 8 heteroatoms. The fourth-order valence-corrected chi connectivity index (χ4v) is 1.48. The van der Waals surface area contributed by atoms with Crippen molar-refractivity contribution in [3.05, 3.63) is 33.8 Å². The summed E-state index contributed by atoms with van der Waals surface area (Å²) in [6, 6.07) is 0. The molecule has 94 valence electrons. The van der Waals surface area contributed by atoms with Crippen LogP contribution in [0, 0.1) is 10.1 Å². The van der Waals surface area contributed by atoms with Crippen molar-refractivity contribution >= 4 is 17.5 Å². The van der Waals surface area contributed by atoms with Crippen molar-refractivity contribution in [3.8, 4) is 0 Å². The van der Waals surface area contributed by atoms with Gasteiger partial charge >= 0.3 is 5.00 Å². The van der Waals surface area contributed by atoms with E-state index in [1.54, 1.807) is 0 Å². The number of rotatable bonds is 5. The molecule has 0 bridgehead atoms. The van der Waals surface area contributed by atoms with E-state index in [2.05, 4.69) is 0 Å². The number of nitrogens with two attached hydrogens (primary N) is 1. The molecule has 0 radical (unpaired) electrons. The van der Waals surface area contributed by atoms with Crippen molar-refractivity contribution in [1.29, 1.82) is 0 Å². The van der Waals surface area contributed by atoms with Crippen LogP contribution in [0.4, 0.5) is 0 Å². The predicted molar refractivity (Wildman–Crippen MR) is 58.5 cm³/mol. The summed E-state index contributed by atoms with van der Waals surface area (Å²) in [6.07, 6.45) is 2.57. The van der Waals surface area contributed by atoms with Gasteiger partial charge in [0.2, 0.25) is 0 Å². The number of hydrogen-bond donors (Lipinski definition) is 1. The van der Waals surface area contributed by atoms with E-state index in [1.807, 2.05) is 0 Å². The van der Waals surface area contributed by atoms with E-state index in [-0.39, 0.29) is 24.5 Å². The van der Waals surface area contributed by atoms with Crippen LogP contribution in [-0.2, 0) is 14.3 Å². The van der Waals surface area contributed by atoms with Gasteiger partial charge in [0.15, 0.2) is 12.4 Å². The van der Waals surface area contributed by atoms with E-state index in [0.29, 0.717) is 0 Å². The molecule has 0 fully saturated rings. The summed E-state index contributed by atoms with van der Waals surface area (Å²) in [4.78, 5) is 18.9. The van der Waals surface area contributed by atoms with Crippen molar-refractivity contribution in [2.45, 2.75) is 11.4 Å². The van der Waals surface area contributed by atoms with Crippen molar-refractivity contribution in [1.82, 2.24) is 0 Å². The third kappa shape index (κ3) is 2.88. The predicted octanol–water partition coefficient (Wildman–Crippen LogP) is 0.518. The molecule has 1 amide bonds. The number of carbonyl (C=O) groups excluding carboxylic acids is 1. The Hall–Kier alpha value is -1.76. The van der Waals surface area contributed by atoms with Crippen LogP contribution in [0.5, 0.6) is 0 Å². The molecule has 0 aliphatic heterocycles. The molecule has 1 aliphatic carbocycles. The molecular weight excluding hydrogens is 252 g/mol. The Kier molecular flexibility index (Phi) is 3.95. The maximum atomic E-state index is 10.8. The van der Waals surface area contributed by atoms with Crippen molar-refractivity contribution < 1.29 is 19.2 Å². The number of primary amides is 1. The van der Waals surface area contributed by atoms with E-state index in [1.165, 1.54) is 19.3 Å². The Labute approximate surface area is 102 Å². The zero-order valence-electron chi connectivity index (χ0n) is 9.01. The lowest BCUT2D eigenvalue weighted by Crippen LogP contribution is -2.36. The van der Waals surface area contributed by atoms with Gasteiger partial charge in [0, 0.05) is 6.08 Å². The van der Waals surface area contributed by atoms with Crippen LogP contribution in [0.3, 0.4) is 0 Å². The van der Waals surface area contributed by atoms with E-state index in [9.17, 15) is 14.9 Å². The van der Waals surface area contributed by atoms with E-state index in [0.717, 1.165) is 0 Å². The highest BCUT2D eigenvalue weighted by Gasteiger charge is 2.47. The molecule has 0 aromatic heterocycles. The van der Waals surface area contributed by atoms with Gasteiger partial charge in [-0.25, -0.2) is 0 Å². The van der Waals surface area contributed by atoms with Crippen LogP contribution >= 0.6 is 11.6 Å². The van der Waals surface area contributed by atoms with Gasteiger partial charge in [0.25, 0.3) is 5.91 Å². The van der Waals surface area contributed by atoms with Crippen LogP contribution in [-0.4, -0.2) is 29.5 Å². The quantitative estimate of drug-likeness (QED) is 0.336. The van der Waals surface area contributed by atoms with Gasteiger partial charge in [-0.05, 0) is 17.7 Å². The lowest BCUT2D eigenvalue weighted by molar-refractivity contribution is -0.535. The van der Waals surface area contributed by atoms with E-state index >= 15 is 0 Å². The highest BCUT2D eigenvalue weighted by Crippen LogP contribution is 2.35. The molecule has 0 aromatic carbocycles. The zero-order valence-corrected chi connectivity index (χ0v) is 9.77. The van der Waals surface area contributed by atoms with Gasteiger partial charge in [-0.15, -0.1) is 0 Å². The summed E-state index contributed by atoms with van der Waals surface area (Å²) in [5.74, 6) is -0.430. The minimum atomic E-state index is -1.83. The third-order valence-corrected chi connectivity index (χ3v) is 2.59.